The quantitative estimate of drug-likeness (QED) is 0.917. The molecule has 1 aromatic carbocycles. The summed E-state index contributed by atoms with van der Waals surface area (Å²) in [6, 6.07) is 8.45. The molecule has 3 nitrogen and oxygen atoms in total. The minimum Gasteiger partial charge on any atom is -0.495 e. The first-order valence-electron chi connectivity index (χ1n) is 7.55. The van der Waals surface area contributed by atoms with Gasteiger partial charge in [-0.3, -0.25) is 0 Å². The molecule has 0 aromatic heterocycles. The molecule has 1 aliphatic rings. The third kappa shape index (κ3) is 3.09. The SMILES string of the molecule is COc1ccccc1N(C)CC1CCCC(C)(C)C1N. The van der Waals surface area contributed by atoms with Crippen molar-refractivity contribution < 1.29 is 4.74 Å². The van der Waals surface area contributed by atoms with Crippen molar-refractivity contribution in [2.24, 2.45) is 17.1 Å². The van der Waals surface area contributed by atoms with Gasteiger partial charge < -0.3 is 15.4 Å². The molecule has 0 aliphatic heterocycles. The lowest BCUT2D eigenvalue weighted by Crippen LogP contribution is -2.49. The molecule has 1 aromatic rings. The average molecular weight is 276 g/mol. The lowest BCUT2D eigenvalue weighted by atomic mass is 9.68. The van der Waals surface area contributed by atoms with Gasteiger partial charge in [0.15, 0.2) is 0 Å². The molecule has 0 saturated heterocycles. The summed E-state index contributed by atoms with van der Waals surface area (Å²) in [7, 11) is 3.86. The molecule has 2 atom stereocenters. The lowest BCUT2D eigenvalue weighted by molar-refractivity contribution is 0.142. The van der Waals surface area contributed by atoms with Gasteiger partial charge in [0.2, 0.25) is 0 Å². The molecule has 20 heavy (non-hydrogen) atoms. The Morgan fingerprint density at radius 3 is 2.75 bits per heavy atom. The van der Waals surface area contributed by atoms with Crippen LogP contribution in [-0.2, 0) is 0 Å². The van der Waals surface area contributed by atoms with E-state index in [4.69, 9.17) is 10.5 Å². The van der Waals surface area contributed by atoms with Crippen LogP contribution < -0.4 is 15.4 Å². The van der Waals surface area contributed by atoms with E-state index in [0.29, 0.717) is 5.92 Å². The van der Waals surface area contributed by atoms with Crippen molar-refractivity contribution >= 4 is 5.69 Å². The van der Waals surface area contributed by atoms with Gasteiger partial charge in [-0.2, -0.15) is 0 Å². The Labute approximate surface area is 123 Å². The fourth-order valence-electron chi connectivity index (χ4n) is 3.40. The maximum atomic E-state index is 6.50. The van der Waals surface area contributed by atoms with Gasteiger partial charge in [-0.25, -0.2) is 0 Å². The number of benzene rings is 1. The van der Waals surface area contributed by atoms with Gasteiger partial charge in [0.1, 0.15) is 5.75 Å². The van der Waals surface area contributed by atoms with E-state index in [9.17, 15) is 0 Å². The minimum atomic E-state index is 0.254. The van der Waals surface area contributed by atoms with Crippen LogP contribution in [0.5, 0.6) is 5.75 Å². The summed E-state index contributed by atoms with van der Waals surface area (Å²) in [5.74, 6) is 1.48. The van der Waals surface area contributed by atoms with E-state index in [1.54, 1.807) is 7.11 Å². The van der Waals surface area contributed by atoms with Crippen molar-refractivity contribution in [3.05, 3.63) is 24.3 Å². The van der Waals surface area contributed by atoms with Crippen LogP contribution in [-0.4, -0.2) is 26.7 Å². The molecule has 112 valence electrons. The van der Waals surface area contributed by atoms with Crippen molar-refractivity contribution in [2.75, 3.05) is 25.6 Å². The lowest BCUT2D eigenvalue weighted by Gasteiger charge is -2.43. The van der Waals surface area contributed by atoms with E-state index in [-0.39, 0.29) is 11.5 Å². The van der Waals surface area contributed by atoms with E-state index in [1.807, 2.05) is 12.1 Å². The van der Waals surface area contributed by atoms with Crippen LogP contribution in [0, 0.1) is 11.3 Å². The van der Waals surface area contributed by atoms with Crippen LogP contribution in [0.25, 0.3) is 0 Å². The summed E-state index contributed by atoms with van der Waals surface area (Å²) in [5, 5.41) is 0. The van der Waals surface area contributed by atoms with Gasteiger partial charge in [0, 0.05) is 19.6 Å². The number of nitrogens with zero attached hydrogens (tertiary/aromatic N) is 1. The molecule has 0 spiro atoms. The summed E-state index contributed by atoms with van der Waals surface area (Å²) >= 11 is 0. The maximum absolute atomic E-state index is 6.50. The summed E-state index contributed by atoms with van der Waals surface area (Å²) in [6.07, 6.45) is 3.75. The predicted octanol–water partition coefficient (Wildman–Crippen LogP) is 3.29. The summed E-state index contributed by atoms with van der Waals surface area (Å²) in [5.41, 5.74) is 7.89. The topological polar surface area (TPSA) is 38.5 Å². The number of nitrogens with two attached hydrogens (primary N) is 1. The molecule has 0 bridgehead atoms. The molecule has 1 aliphatic carbocycles. The van der Waals surface area contributed by atoms with Crippen LogP contribution in [0.15, 0.2) is 24.3 Å². The van der Waals surface area contributed by atoms with Crippen LogP contribution in [0.1, 0.15) is 33.1 Å². The van der Waals surface area contributed by atoms with E-state index in [2.05, 4.69) is 37.9 Å². The first kappa shape index (κ1) is 15.2. The molecule has 0 amide bonds. The first-order chi connectivity index (χ1) is 9.45. The minimum absolute atomic E-state index is 0.254. The number of anilines is 1. The highest BCUT2D eigenvalue weighted by Crippen LogP contribution is 2.38. The second-order valence-electron chi connectivity index (χ2n) is 6.72. The van der Waals surface area contributed by atoms with Crippen LogP contribution in [0.2, 0.25) is 0 Å². The van der Waals surface area contributed by atoms with E-state index >= 15 is 0 Å². The zero-order valence-electron chi connectivity index (χ0n) is 13.2. The van der Waals surface area contributed by atoms with Gasteiger partial charge in [0.05, 0.1) is 12.8 Å². The molecule has 0 radical (unpaired) electrons. The Morgan fingerprint density at radius 1 is 1.35 bits per heavy atom. The smallest absolute Gasteiger partial charge is 0.142 e. The van der Waals surface area contributed by atoms with Crippen molar-refractivity contribution in [2.45, 2.75) is 39.2 Å². The molecule has 0 heterocycles. The normalized spacial score (nSPS) is 25.2. The van der Waals surface area contributed by atoms with Gasteiger partial charge >= 0.3 is 0 Å². The largest absolute Gasteiger partial charge is 0.495 e. The Balaban J connectivity index is 2.09. The second-order valence-corrected chi connectivity index (χ2v) is 6.72. The highest BCUT2D eigenvalue weighted by molar-refractivity contribution is 5.57. The Bertz CT molecular complexity index is 444. The maximum Gasteiger partial charge on any atom is 0.142 e. The number of hydrogen-bond donors (Lipinski definition) is 1. The summed E-state index contributed by atoms with van der Waals surface area (Å²) < 4.78 is 5.45. The molecule has 3 heteroatoms. The molecule has 1 fully saturated rings. The third-order valence-electron chi connectivity index (χ3n) is 4.81. The van der Waals surface area contributed by atoms with Crippen molar-refractivity contribution in [3.8, 4) is 5.75 Å². The molecule has 2 N–H and O–H groups in total. The Kier molecular flexibility index (Phi) is 4.59. The van der Waals surface area contributed by atoms with E-state index in [1.165, 1.54) is 19.3 Å². The fourth-order valence-corrected chi connectivity index (χ4v) is 3.40. The fraction of sp³-hybridized carbons (Fsp3) is 0.647. The average Bonchev–Trinajstić information content (AvgIpc) is 2.43. The van der Waals surface area contributed by atoms with E-state index in [0.717, 1.165) is 18.0 Å². The van der Waals surface area contributed by atoms with Crippen LogP contribution in [0.3, 0.4) is 0 Å². The molecular formula is C17H28N2O. The zero-order valence-corrected chi connectivity index (χ0v) is 13.2. The van der Waals surface area contributed by atoms with Crippen LogP contribution in [0.4, 0.5) is 5.69 Å². The summed E-state index contributed by atoms with van der Waals surface area (Å²) in [6.45, 7) is 5.59. The number of rotatable bonds is 4. The molecule has 1 saturated carbocycles. The number of ether oxygens (including phenoxy) is 1. The molecule has 2 unspecified atom stereocenters. The second kappa shape index (κ2) is 6.04. The Hall–Kier alpha value is -1.22. The van der Waals surface area contributed by atoms with Crippen molar-refractivity contribution in [1.29, 1.82) is 0 Å². The highest BCUT2D eigenvalue weighted by Gasteiger charge is 2.36. The van der Waals surface area contributed by atoms with Crippen LogP contribution >= 0.6 is 0 Å². The first-order valence-corrected chi connectivity index (χ1v) is 7.55. The van der Waals surface area contributed by atoms with Gasteiger partial charge in [-0.1, -0.05) is 32.4 Å². The standard InChI is InChI=1S/C17H28N2O/c1-17(2)11-7-8-13(16(17)18)12-19(3)14-9-5-6-10-15(14)20-4/h5-6,9-10,13,16H,7-8,11-12,18H2,1-4H3. The van der Waals surface area contributed by atoms with Crippen molar-refractivity contribution in [1.82, 2.24) is 0 Å². The number of hydrogen-bond acceptors (Lipinski definition) is 3. The number of methoxy groups -OCH3 is 1. The monoisotopic (exact) mass is 276 g/mol. The predicted molar refractivity (Wildman–Crippen MR) is 85.4 cm³/mol. The van der Waals surface area contributed by atoms with Gasteiger partial charge in [0.25, 0.3) is 0 Å². The van der Waals surface area contributed by atoms with E-state index < -0.39 is 0 Å². The third-order valence-corrected chi connectivity index (χ3v) is 4.81. The zero-order chi connectivity index (χ0) is 14.8. The van der Waals surface area contributed by atoms with Gasteiger partial charge in [-0.05, 0) is 36.3 Å². The van der Waals surface area contributed by atoms with Crippen molar-refractivity contribution in [3.63, 3.8) is 0 Å². The number of para-hydroxylation sites is 2. The molecular weight excluding hydrogens is 248 g/mol. The van der Waals surface area contributed by atoms with Gasteiger partial charge in [-0.15, -0.1) is 0 Å². The summed E-state index contributed by atoms with van der Waals surface area (Å²) in [4.78, 5) is 2.28. The Morgan fingerprint density at radius 2 is 2.05 bits per heavy atom. The molecule has 2 rings (SSSR count). The highest BCUT2D eigenvalue weighted by atomic mass is 16.5.